The van der Waals surface area contributed by atoms with E-state index in [-0.39, 0.29) is 17.2 Å². The molecule has 0 bridgehead atoms. The largest absolute Gasteiger partial charge is 0.480 e. The monoisotopic (exact) mass is 282 g/mol. The van der Waals surface area contributed by atoms with Gasteiger partial charge in [-0.05, 0) is 37.1 Å². The van der Waals surface area contributed by atoms with Gasteiger partial charge in [0.15, 0.2) is 0 Å². The van der Waals surface area contributed by atoms with Crippen LogP contribution < -0.4 is 5.73 Å². The first-order valence-electron chi connectivity index (χ1n) is 7.71. The van der Waals surface area contributed by atoms with Crippen molar-refractivity contribution < 1.29 is 14.7 Å². The van der Waals surface area contributed by atoms with E-state index in [1.54, 1.807) is 4.90 Å². The fraction of sp³-hybridized carbons (Fsp3) is 0.867. The van der Waals surface area contributed by atoms with Crippen LogP contribution in [-0.4, -0.2) is 41.0 Å². The van der Waals surface area contributed by atoms with Gasteiger partial charge < -0.3 is 15.7 Å². The molecule has 0 radical (unpaired) electrons. The lowest BCUT2D eigenvalue weighted by Crippen LogP contribution is -2.46. The van der Waals surface area contributed by atoms with Crippen LogP contribution in [-0.2, 0) is 9.59 Å². The van der Waals surface area contributed by atoms with Crippen molar-refractivity contribution in [3.8, 4) is 0 Å². The molecule has 1 saturated heterocycles. The van der Waals surface area contributed by atoms with Crippen LogP contribution in [0.3, 0.4) is 0 Å². The van der Waals surface area contributed by atoms with Crippen LogP contribution in [0.1, 0.15) is 51.9 Å². The third-order valence-corrected chi connectivity index (χ3v) is 5.15. The van der Waals surface area contributed by atoms with E-state index in [1.807, 2.05) is 6.92 Å². The van der Waals surface area contributed by atoms with Gasteiger partial charge in [-0.15, -0.1) is 0 Å². The summed E-state index contributed by atoms with van der Waals surface area (Å²) in [7, 11) is 0. The first-order valence-corrected chi connectivity index (χ1v) is 7.71. The van der Waals surface area contributed by atoms with Crippen molar-refractivity contribution in [3.05, 3.63) is 0 Å². The van der Waals surface area contributed by atoms with E-state index in [4.69, 9.17) is 5.73 Å². The molecule has 5 heteroatoms. The minimum Gasteiger partial charge on any atom is -0.480 e. The maximum atomic E-state index is 12.5. The number of nitrogens with two attached hydrogens (primary N) is 1. The van der Waals surface area contributed by atoms with Gasteiger partial charge >= 0.3 is 5.97 Å². The molecular formula is C15H26N2O3. The Morgan fingerprint density at radius 2 is 1.95 bits per heavy atom. The third-order valence-electron chi connectivity index (χ3n) is 5.15. The molecule has 1 aliphatic carbocycles. The highest BCUT2D eigenvalue weighted by Crippen LogP contribution is 2.39. The highest BCUT2D eigenvalue weighted by Gasteiger charge is 2.42. The van der Waals surface area contributed by atoms with E-state index in [0.29, 0.717) is 19.5 Å². The smallest absolute Gasteiger partial charge is 0.326 e. The quantitative estimate of drug-likeness (QED) is 0.820. The molecule has 1 heterocycles. The Morgan fingerprint density at radius 3 is 2.50 bits per heavy atom. The second-order valence-corrected chi connectivity index (χ2v) is 6.58. The molecule has 0 spiro atoms. The molecule has 0 aromatic heterocycles. The van der Waals surface area contributed by atoms with Gasteiger partial charge in [0.05, 0.1) is 0 Å². The first-order chi connectivity index (χ1) is 9.49. The summed E-state index contributed by atoms with van der Waals surface area (Å²) in [5, 5.41) is 9.31. The Kier molecular flexibility index (Phi) is 4.68. The van der Waals surface area contributed by atoms with Gasteiger partial charge in [0.2, 0.25) is 5.91 Å². The Balaban J connectivity index is 2.05. The van der Waals surface area contributed by atoms with Crippen LogP contribution in [0.2, 0.25) is 0 Å². The zero-order valence-corrected chi connectivity index (χ0v) is 12.3. The lowest BCUT2D eigenvalue weighted by Gasteiger charge is -2.37. The van der Waals surface area contributed by atoms with E-state index in [2.05, 4.69) is 0 Å². The molecule has 2 aliphatic rings. The Bertz CT molecular complexity index is 377. The molecule has 2 rings (SSSR count). The molecule has 5 nitrogen and oxygen atoms in total. The van der Waals surface area contributed by atoms with Crippen molar-refractivity contribution in [1.29, 1.82) is 0 Å². The Labute approximate surface area is 120 Å². The van der Waals surface area contributed by atoms with Crippen molar-refractivity contribution in [2.24, 2.45) is 17.1 Å². The van der Waals surface area contributed by atoms with Crippen LogP contribution in [0.5, 0.6) is 0 Å². The van der Waals surface area contributed by atoms with Crippen molar-refractivity contribution in [1.82, 2.24) is 4.90 Å². The molecule has 2 fully saturated rings. The number of carboxylic acids is 1. The number of carbonyl (C=O) groups excluding carboxylic acids is 1. The van der Waals surface area contributed by atoms with Gasteiger partial charge in [-0.1, -0.05) is 26.2 Å². The fourth-order valence-corrected chi connectivity index (χ4v) is 3.78. The van der Waals surface area contributed by atoms with E-state index >= 15 is 0 Å². The number of hydrogen-bond acceptors (Lipinski definition) is 3. The molecule has 1 saturated carbocycles. The van der Waals surface area contributed by atoms with Crippen molar-refractivity contribution in [3.63, 3.8) is 0 Å². The number of amides is 1. The standard InChI is InChI=1S/C15H26N2O3/c1-11-5-8-17(13(11)14(19)20)12(18)9-15(10-16)6-3-2-4-7-15/h11,13H,2-10,16H2,1H3,(H,19,20). The number of aliphatic carboxylic acids is 1. The average Bonchev–Trinajstić information content (AvgIpc) is 2.82. The number of hydrogen-bond donors (Lipinski definition) is 2. The molecule has 2 atom stereocenters. The fourth-order valence-electron chi connectivity index (χ4n) is 3.78. The predicted molar refractivity (Wildman–Crippen MR) is 76.1 cm³/mol. The van der Waals surface area contributed by atoms with Gasteiger partial charge in [0.1, 0.15) is 6.04 Å². The highest BCUT2D eigenvalue weighted by molar-refractivity contribution is 5.85. The van der Waals surface area contributed by atoms with E-state index in [1.165, 1.54) is 6.42 Å². The lowest BCUT2D eigenvalue weighted by atomic mass is 9.71. The summed E-state index contributed by atoms with van der Waals surface area (Å²) < 4.78 is 0. The Hall–Kier alpha value is -1.10. The number of nitrogens with zero attached hydrogens (tertiary/aromatic N) is 1. The molecule has 114 valence electrons. The van der Waals surface area contributed by atoms with Crippen LogP contribution >= 0.6 is 0 Å². The summed E-state index contributed by atoms with van der Waals surface area (Å²) in [6, 6.07) is -0.652. The maximum Gasteiger partial charge on any atom is 0.326 e. The number of rotatable bonds is 4. The number of carboxylic acid groups (broad SMARTS) is 1. The van der Waals surface area contributed by atoms with Crippen molar-refractivity contribution in [2.45, 2.75) is 57.9 Å². The third kappa shape index (κ3) is 2.97. The minimum absolute atomic E-state index is 0.0194. The van der Waals surface area contributed by atoms with Gasteiger partial charge in [-0.3, -0.25) is 4.79 Å². The summed E-state index contributed by atoms with van der Waals surface area (Å²) in [4.78, 5) is 25.5. The van der Waals surface area contributed by atoms with E-state index in [0.717, 1.165) is 32.1 Å². The second kappa shape index (κ2) is 6.12. The number of carbonyl (C=O) groups is 2. The van der Waals surface area contributed by atoms with Gasteiger partial charge in [-0.2, -0.15) is 0 Å². The highest BCUT2D eigenvalue weighted by atomic mass is 16.4. The average molecular weight is 282 g/mol. The van der Waals surface area contributed by atoms with Crippen LogP contribution in [0.4, 0.5) is 0 Å². The zero-order chi connectivity index (χ0) is 14.8. The Morgan fingerprint density at radius 1 is 1.30 bits per heavy atom. The summed E-state index contributed by atoms with van der Waals surface area (Å²) in [5.41, 5.74) is 5.83. The topological polar surface area (TPSA) is 83.6 Å². The first kappa shape index (κ1) is 15.3. The van der Waals surface area contributed by atoms with Gasteiger partial charge in [0.25, 0.3) is 0 Å². The van der Waals surface area contributed by atoms with Gasteiger partial charge in [0, 0.05) is 13.0 Å². The minimum atomic E-state index is -0.881. The lowest BCUT2D eigenvalue weighted by molar-refractivity contribution is -0.150. The molecule has 20 heavy (non-hydrogen) atoms. The molecular weight excluding hydrogens is 256 g/mol. The van der Waals surface area contributed by atoms with Crippen LogP contribution in [0, 0.1) is 11.3 Å². The maximum absolute atomic E-state index is 12.5. The second-order valence-electron chi connectivity index (χ2n) is 6.58. The van der Waals surface area contributed by atoms with Crippen LogP contribution in [0.25, 0.3) is 0 Å². The summed E-state index contributed by atoms with van der Waals surface area (Å²) in [6.07, 6.45) is 6.66. The van der Waals surface area contributed by atoms with Crippen LogP contribution in [0.15, 0.2) is 0 Å². The van der Waals surface area contributed by atoms with Gasteiger partial charge in [-0.25, -0.2) is 4.79 Å². The summed E-state index contributed by atoms with van der Waals surface area (Å²) >= 11 is 0. The predicted octanol–water partition coefficient (Wildman–Crippen LogP) is 1.61. The normalized spacial score (nSPS) is 29.4. The molecule has 0 aromatic rings. The van der Waals surface area contributed by atoms with E-state index < -0.39 is 12.0 Å². The molecule has 0 aromatic carbocycles. The van der Waals surface area contributed by atoms with Crippen molar-refractivity contribution in [2.75, 3.05) is 13.1 Å². The summed E-state index contributed by atoms with van der Waals surface area (Å²) in [5.74, 6) is -0.862. The number of likely N-dealkylation sites (tertiary alicyclic amines) is 1. The van der Waals surface area contributed by atoms with E-state index in [9.17, 15) is 14.7 Å². The molecule has 1 amide bonds. The van der Waals surface area contributed by atoms with Crippen molar-refractivity contribution >= 4 is 11.9 Å². The SMILES string of the molecule is CC1CCN(C(=O)CC2(CN)CCCCC2)C1C(=O)O. The molecule has 2 unspecified atom stereocenters. The summed E-state index contributed by atoms with van der Waals surface area (Å²) in [6.45, 7) is 3.00. The molecule has 3 N–H and O–H groups in total. The molecule has 1 aliphatic heterocycles. The zero-order valence-electron chi connectivity index (χ0n) is 12.3.